The van der Waals surface area contributed by atoms with Gasteiger partial charge in [0.05, 0.1) is 17.0 Å². The smallest absolute Gasteiger partial charge is 0.348 e. The molecule has 0 radical (unpaired) electrons. The summed E-state index contributed by atoms with van der Waals surface area (Å²) in [4.78, 5) is 11.7. The number of rotatable bonds is 2. The SMILES string of the molecule is Cc1cccc(C2(C#N)CC2)c1C(=O)OI. The Kier molecular flexibility index (Phi) is 2.89. The number of hydrogen-bond donors (Lipinski definition) is 0. The van der Waals surface area contributed by atoms with Gasteiger partial charge in [0, 0.05) is 0 Å². The molecular formula is C12H10INO2. The van der Waals surface area contributed by atoms with Gasteiger partial charge in [-0.1, -0.05) is 18.2 Å². The van der Waals surface area contributed by atoms with Crippen LogP contribution in [0.15, 0.2) is 18.2 Å². The van der Waals surface area contributed by atoms with Crippen molar-refractivity contribution < 1.29 is 7.86 Å². The summed E-state index contributed by atoms with van der Waals surface area (Å²) in [5, 5.41) is 9.18. The molecule has 0 unspecified atom stereocenters. The van der Waals surface area contributed by atoms with Gasteiger partial charge in [-0.05, 0) is 30.9 Å². The largest absolute Gasteiger partial charge is 0.391 e. The fraction of sp³-hybridized carbons (Fsp3) is 0.333. The number of carbonyl (C=O) groups excluding carboxylic acids is 1. The Labute approximate surface area is 108 Å². The average molecular weight is 327 g/mol. The molecule has 0 saturated heterocycles. The van der Waals surface area contributed by atoms with Crippen LogP contribution < -0.4 is 0 Å². The standard InChI is InChI=1S/C12H10INO2/c1-8-3-2-4-9(10(8)11(15)16-13)12(7-14)5-6-12/h2-4H,5-6H2,1H3. The second-order valence-electron chi connectivity index (χ2n) is 4.06. The van der Waals surface area contributed by atoms with Crippen molar-refractivity contribution in [2.24, 2.45) is 0 Å². The van der Waals surface area contributed by atoms with E-state index in [1.165, 1.54) is 0 Å². The molecule has 0 amide bonds. The number of nitrogens with zero attached hydrogens (tertiary/aromatic N) is 1. The molecule has 1 fully saturated rings. The molecule has 0 aromatic heterocycles. The highest BCUT2D eigenvalue weighted by Crippen LogP contribution is 2.49. The van der Waals surface area contributed by atoms with E-state index in [0.717, 1.165) is 24.0 Å². The van der Waals surface area contributed by atoms with Gasteiger partial charge < -0.3 is 3.07 Å². The number of halogens is 1. The topological polar surface area (TPSA) is 50.1 Å². The molecule has 3 nitrogen and oxygen atoms in total. The summed E-state index contributed by atoms with van der Waals surface area (Å²) in [6, 6.07) is 7.90. The van der Waals surface area contributed by atoms with Crippen molar-refractivity contribution in [2.75, 3.05) is 0 Å². The lowest BCUT2D eigenvalue weighted by atomic mass is 9.90. The number of benzene rings is 1. The highest BCUT2D eigenvalue weighted by Gasteiger charge is 2.47. The van der Waals surface area contributed by atoms with Crippen LogP contribution in [0.25, 0.3) is 0 Å². The molecule has 0 spiro atoms. The minimum Gasteiger partial charge on any atom is -0.391 e. The zero-order chi connectivity index (χ0) is 11.8. The quantitative estimate of drug-likeness (QED) is 0.785. The zero-order valence-corrected chi connectivity index (χ0v) is 10.9. The van der Waals surface area contributed by atoms with Gasteiger partial charge in [0.2, 0.25) is 0 Å². The molecule has 0 bridgehead atoms. The van der Waals surface area contributed by atoms with E-state index in [2.05, 4.69) is 6.07 Å². The van der Waals surface area contributed by atoms with Crippen LogP contribution in [0.2, 0.25) is 0 Å². The van der Waals surface area contributed by atoms with E-state index in [9.17, 15) is 10.1 Å². The molecule has 4 heteroatoms. The number of hydrogen-bond acceptors (Lipinski definition) is 3. The molecule has 1 aromatic carbocycles. The monoisotopic (exact) mass is 327 g/mol. The normalized spacial score (nSPS) is 16.3. The Morgan fingerprint density at radius 3 is 2.75 bits per heavy atom. The maximum atomic E-state index is 11.7. The summed E-state index contributed by atoms with van der Waals surface area (Å²) in [6.07, 6.45) is 1.66. The van der Waals surface area contributed by atoms with Gasteiger partial charge in [-0.25, -0.2) is 4.79 Å². The second-order valence-corrected chi connectivity index (χ2v) is 4.50. The first-order valence-electron chi connectivity index (χ1n) is 4.99. The van der Waals surface area contributed by atoms with Gasteiger partial charge in [0.1, 0.15) is 0 Å². The first kappa shape index (κ1) is 11.4. The van der Waals surface area contributed by atoms with Crippen molar-refractivity contribution in [1.29, 1.82) is 5.26 Å². The summed E-state index contributed by atoms with van der Waals surface area (Å²) in [6.45, 7) is 1.86. The van der Waals surface area contributed by atoms with Crippen LogP contribution in [0.4, 0.5) is 0 Å². The maximum Gasteiger partial charge on any atom is 0.348 e. The Balaban J connectivity index is 2.58. The van der Waals surface area contributed by atoms with Crippen molar-refractivity contribution in [3.63, 3.8) is 0 Å². The van der Waals surface area contributed by atoms with E-state index in [4.69, 9.17) is 3.07 Å². The summed E-state index contributed by atoms with van der Waals surface area (Å²) >= 11 is 1.58. The minimum absolute atomic E-state index is 0.366. The van der Waals surface area contributed by atoms with Crippen LogP contribution >= 0.6 is 23.0 Å². The van der Waals surface area contributed by atoms with Crippen LogP contribution in [0.1, 0.15) is 34.3 Å². The lowest BCUT2D eigenvalue weighted by Gasteiger charge is -2.13. The molecular weight excluding hydrogens is 317 g/mol. The molecule has 82 valence electrons. The number of aryl methyl sites for hydroxylation is 1. The fourth-order valence-corrected chi connectivity index (χ4v) is 2.16. The van der Waals surface area contributed by atoms with Crippen LogP contribution in [-0.4, -0.2) is 5.97 Å². The Hall–Kier alpha value is -1.09. The molecule has 0 atom stereocenters. The Bertz CT molecular complexity index is 486. The van der Waals surface area contributed by atoms with Crippen molar-refractivity contribution in [1.82, 2.24) is 0 Å². The minimum atomic E-state index is -0.452. The van der Waals surface area contributed by atoms with E-state index in [-0.39, 0.29) is 5.97 Å². The maximum absolute atomic E-state index is 11.7. The van der Waals surface area contributed by atoms with E-state index >= 15 is 0 Å². The third-order valence-corrected chi connectivity index (χ3v) is 3.43. The van der Waals surface area contributed by atoms with E-state index in [1.54, 1.807) is 23.0 Å². The van der Waals surface area contributed by atoms with Crippen molar-refractivity contribution >= 4 is 29.0 Å². The Morgan fingerprint density at radius 1 is 1.56 bits per heavy atom. The highest BCUT2D eigenvalue weighted by molar-refractivity contribution is 14.1. The van der Waals surface area contributed by atoms with E-state index < -0.39 is 5.41 Å². The lowest BCUT2D eigenvalue weighted by Crippen LogP contribution is -2.13. The van der Waals surface area contributed by atoms with Crippen LogP contribution in [0, 0.1) is 18.3 Å². The molecule has 1 aliphatic rings. The van der Waals surface area contributed by atoms with Crippen molar-refractivity contribution in [3.05, 3.63) is 34.9 Å². The second kappa shape index (κ2) is 4.06. The fourth-order valence-electron chi connectivity index (χ4n) is 1.94. The van der Waals surface area contributed by atoms with Gasteiger partial charge in [0.15, 0.2) is 23.0 Å². The Morgan fingerprint density at radius 2 is 2.25 bits per heavy atom. The van der Waals surface area contributed by atoms with Crippen molar-refractivity contribution in [3.8, 4) is 6.07 Å². The van der Waals surface area contributed by atoms with E-state index in [0.29, 0.717) is 5.56 Å². The molecule has 2 rings (SSSR count). The van der Waals surface area contributed by atoms with E-state index in [1.807, 2.05) is 25.1 Å². The predicted octanol–water partition coefficient (Wildman–Crippen LogP) is 3.06. The first-order chi connectivity index (χ1) is 7.64. The molecule has 0 heterocycles. The predicted molar refractivity (Wildman–Crippen MR) is 67.1 cm³/mol. The number of nitriles is 1. The van der Waals surface area contributed by atoms with Gasteiger partial charge in [-0.15, -0.1) is 0 Å². The average Bonchev–Trinajstić information content (AvgIpc) is 3.08. The summed E-state index contributed by atoms with van der Waals surface area (Å²) in [7, 11) is 0. The third kappa shape index (κ3) is 1.69. The summed E-state index contributed by atoms with van der Waals surface area (Å²) in [5.74, 6) is -0.366. The zero-order valence-electron chi connectivity index (χ0n) is 8.79. The van der Waals surface area contributed by atoms with Crippen molar-refractivity contribution in [2.45, 2.75) is 25.2 Å². The molecule has 1 aliphatic carbocycles. The van der Waals surface area contributed by atoms with Gasteiger partial charge in [-0.2, -0.15) is 5.26 Å². The van der Waals surface area contributed by atoms with Crippen LogP contribution in [0.3, 0.4) is 0 Å². The lowest BCUT2D eigenvalue weighted by molar-refractivity contribution is 0.0798. The molecule has 16 heavy (non-hydrogen) atoms. The summed E-state index contributed by atoms with van der Waals surface area (Å²) < 4.78 is 4.75. The molecule has 0 aliphatic heterocycles. The van der Waals surface area contributed by atoms with Gasteiger partial charge in [0.25, 0.3) is 0 Å². The van der Waals surface area contributed by atoms with Crippen LogP contribution in [0.5, 0.6) is 0 Å². The van der Waals surface area contributed by atoms with Gasteiger partial charge in [-0.3, -0.25) is 0 Å². The van der Waals surface area contributed by atoms with Crippen LogP contribution in [-0.2, 0) is 8.48 Å². The third-order valence-electron chi connectivity index (χ3n) is 3.03. The number of carbonyl (C=O) groups is 1. The summed E-state index contributed by atoms with van der Waals surface area (Å²) in [5.41, 5.74) is 1.78. The van der Waals surface area contributed by atoms with Gasteiger partial charge >= 0.3 is 5.97 Å². The molecule has 1 aromatic rings. The molecule has 1 saturated carbocycles. The first-order valence-corrected chi connectivity index (χ1v) is 5.87. The molecule has 0 N–H and O–H groups in total. The highest BCUT2D eigenvalue weighted by atomic mass is 127.